The minimum Gasteiger partial charge on any atom is -0.367 e. The van der Waals surface area contributed by atoms with Gasteiger partial charge >= 0.3 is 0 Å². The average Bonchev–Trinajstić information content (AvgIpc) is 2.46. The predicted molar refractivity (Wildman–Crippen MR) is 73.9 cm³/mol. The third-order valence-electron chi connectivity index (χ3n) is 3.28. The molecule has 2 rings (SSSR count). The minimum atomic E-state index is -0.430. The van der Waals surface area contributed by atoms with E-state index in [-0.39, 0.29) is 5.91 Å². The number of nitrogens with zero attached hydrogens (tertiary/aromatic N) is 2. The number of nitrogens with two attached hydrogens (primary N) is 1. The molecular formula is C14H17N3O2. The molecule has 0 atom stereocenters. The number of hydrogen-bond donors (Lipinski definition) is 1. The number of para-hydroxylation sites is 1. The highest BCUT2D eigenvalue weighted by Gasteiger charge is 2.21. The first-order valence-corrected chi connectivity index (χ1v) is 6.18. The fourth-order valence-electron chi connectivity index (χ4n) is 2.25. The lowest BCUT2D eigenvalue weighted by molar-refractivity contribution is -0.126. The molecule has 1 aromatic carbocycles. The van der Waals surface area contributed by atoms with Crippen molar-refractivity contribution in [3.8, 4) is 0 Å². The Hall–Kier alpha value is -2.30. The summed E-state index contributed by atoms with van der Waals surface area (Å²) in [6, 6.07) is 7.27. The van der Waals surface area contributed by atoms with Crippen LogP contribution in [0.4, 0.5) is 5.69 Å². The summed E-state index contributed by atoms with van der Waals surface area (Å²) in [4.78, 5) is 26.7. The number of carbonyl (C=O) groups excluding carboxylic acids is 2. The molecule has 1 aromatic rings. The van der Waals surface area contributed by atoms with Crippen LogP contribution in [-0.4, -0.2) is 42.9 Å². The number of amides is 2. The van der Waals surface area contributed by atoms with E-state index in [0.717, 1.165) is 5.69 Å². The van der Waals surface area contributed by atoms with Crippen LogP contribution in [0.2, 0.25) is 0 Å². The van der Waals surface area contributed by atoms with Crippen LogP contribution >= 0.6 is 0 Å². The van der Waals surface area contributed by atoms with E-state index in [9.17, 15) is 9.59 Å². The summed E-state index contributed by atoms with van der Waals surface area (Å²) in [5.41, 5.74) is 6.73. The van der Waals surface area contributed by atoms with Crippen LogP contribution in [-0.2, 0) is 4.79 Å². The highest BCUT2D eigenvalue weighted by molar-refractivity contribution is 5.98. The largest absolute Gasteiger partial charge is 0.367 e. The SMILES string of the molecule is C=CC(=O)N1CCN(c2ccccc2C(N)=O)CC1. The summed E-state index contributed by atoms with van der Waals surface area (Å²) >= 11 is 0. The van der Waals surface area contributed by atoms with Crippen LogP contribution in [0, 0.1) is 0 Å². The van der Waals surface area contributed by atoms with Crippen molar-refractivity contribution in [1.82, 2.24) is 4.90 Å². The first kappa shape index (κ1) is 13.1. The molecule has 1 heterocycles. The Kier molecular flexibility index (Phi) is 3.85. The molecule has 5 heteroatoms. The molecule has 1 aliphatic heterocycles. The number of piperazine rings is 1. The quantitative estimate of drug-likeness (QED) is 0.809. The molecule has 1 saturated heterocycles. The summed E-state index contributed by atoms with van der Waals surface area (Å²) in [6.07, 6.45) is 1.33. The van der Waals surface area contributed by atoms with Crippen molar-refractivity contribution < 1.29 is 9.59 Å². The lowest BCUT2D eigenvalue weighted by Gasteiger charge is -2.36. The second-order valence-electron chi connectivity index (χ2n) is 4.40. The molecule has 5 nitrogen and oxygen atoms in total. The fraction of sp³-hybridized carbons (Fsp3) is 0.286. The van der Waals surface area contributed by atoms with E-state index >= 15 is 0 Å². The van der Waals surface area contributed by atoms with Gasteiger partial charge in [0.2, 0.25) is 5.91 Å². The summed E-state index contributed by atoms with van der Waals surface area (Å²) < 4.78 is 0. The van der Waals surface area contributed by atoms with Crippen LogP contribution in [0.1, 0.15) is 10.4 Å². The van der Waals surface area contributed by atoms with Crippen molar-refractivity contribution in [3.63, 3.8) is 0 Å². The Morgan fingerprint density at radius 3 is 2.37 bits per heavy atom. The molecule has 0 saturated carbocycles. The molecule has 0 aromatic heterocycles. The summed E-state index contributed by atoms with van der Waals surface area (Å²) in [6.45, 7) is 6.10. The van der Waals surface area contributed by atoms with Gasteiger partial charge in [0, 0.05) is 31.9 Å². The van der Waals surface area contributed by atoms with Gasteiger partial charge in [0.25, 0.3) is 5.91 Å². The molecule has 0 aliphatic carbocycles. The van der Waals surface area contributed by atoms with Crippen LogP contribution in [0.3, 0.4) is 0 Å². The first-order valence-electron chi connectivity index (χ1n) is 6.18. The van der Waals surface area contributed by atoms with Crippen LogP contribution < -0.4 is 10.6 Å². The number of carbonyl (C=O) groups is 2. The summed E-state index contributed by atoms with van der Waals surface area (Å²) in [5, 5.41) is 0. The van der Waals surface area contributed by atoms with Crippen LogP contribution in [0.15, 0.2) is 36.9 Å². The van der Waals surface area contributed by atoms with Gasteiger partial charge in [-0.25, -0.2) is 0 Å². The topological polar surface area (TPSA) is 66.6 Å². The maximum atomic E-state index is 11.5. The Labute approximate surface area is 112 Å². The fourth-order valence-corrected chi connectivity index (χ4v) is 2.25. The highest BCUT2D eigenvalue weighted by Crippen LogP contribution is 2.21. The van der Waals surface area contributed by atoms with Crippen molar-refractivity contribution in [1.29, 1.82) is 0 Å². The number of benzene rings is 1. The Morgan fingerprint density at radius 1 is 1.16 bits per heavy atom. The highest BCUT2D eigenvalue weighted by atomic mass is 16.2. The molecule has 19 heavy (non-hydrogen) atoms. The Morgan fingerprint density at radius 2 is 1.79 bits per heavy atom. The zero-order valence-corrected chi connectivity index (χ0v) is 10.7. The maximum Gasteiger partial charge on any atom is 0.250 e. The molecule has 1 aliphatic rings. The van der Waals surface area contributed by atoms with Gasteiger partial charge in [-0.05, 0) is 18.2 Å². The van der Waals surface area contributed by atoms with Crippen molar-refractivity contribution in [3.05, 3.63) is 42.5 Å². The zero-order chi connectivity index (χ0) is 13.8. The second-order valence-corrected chi connectivity index (χ2v) is 4.40. The van der Waals surface area contributed by atoms with E-state index < -0.39 is 5.91 Å². The Bertz CT molecular complexity index is 505. The van der Waals surface area contributed by atoms with Gasteiger partial charge in [0.15, 0.2) is 0 Å². The number of anilines is 1. The standard InChI is InChI=1S/C14H17N3O2/c1-2-13(18)17-9-7-16(8-10-17)12-6-4-3-5-11(12)14(15)19/h2-6H,1,7-10H2,(H2,15,19). The van der Waals surface area contributed by atoms with Gasteiger partial charge in [-0.1, -0.05) is 18.7 Å². The summed E-state index contributed by atoms with van der Waals surface area (Å²) in [7, 11) is 0. The van der Waals surface area contributed by atoms with Crippen LogP contribution in [0.25, 0.3) is 0 Å². The molecule has 2 amide bonds. The predicted octanol–water partition coefficient (Wildman–Crippen LogP) is 0.620. The Balaban J connectivity index is 2.12. The van der Waals surface area contributed by atoms with Gasteiger partial charge < -0.3 is 15.5 Å². The smallest absolute Gasteiger partial charge is 0.250 e. The van der Waals surface area contributed by atoms with Gasteiger partial charge in [0.1, 0.15) is 0 Å². The first-order chi connectivity index (χ1) is 9.13. The molecule has 2 N–H and O–H groups in total. The monoisotopic (exact) mass is 259 g/mol. The van der Waals surface area contributed by atoms with Gasteiger partial charge in [-0.15, -0.1) is 0 Å². The molecular weight excluding hydrogens is 242 g/mol. The molecule has 0 bridgehead atoms. The van der Waals surface area contributed by atoms with Gasteiger partial charge in [0.05, 0.1) is 5.56 Å². The van der Waals surface area contributed by atoms with E-state index in [2.05, 4.69) is 11.5 Å². The normalized spacial score (nSPS) is 15.2. The third-order valence-corrected chi connectivity index (χ3v) is 3.28. The van der Waals surface area contributed by atoms with Crippen molar-refractivity contribution in [2.45, 2.75) is 0 Å². The zero-order valence-electron chi connectivity index (χ0n) is 10.7. The average molecular weight is 259 g/mol. The van der Waals surface area contributed by atoms with Gasteiger partial charge in [-0.3, -0.25) is 9.59 Å². The molecule has 0 radical (unpaired) electrons. The molecule has 0 unspecified atom stereocenters. The third kappa shape index (κ3) is 2.76. The lowest BCUT2D eigenvalue weighted by atomic mass is 10.1. The number of hydrogen-bond acceptors (Lipinski definition) is 3. The maximum absolute atomic E-state index is 11.5. The van der Waals surface area contributed by atoms with Crippen molar-refractivity contribution in [2.24, 2.45) is 5.73 Å². The van der Waals surface area contributed by atoms with Gasteiger partial charge in [-0.2, -0.15) is 0 Å². The minimum absolute atomic E-state index is 0.0529. The lowest BCUT2D eigenvalue weighted by Crippen LogP contribution is -2.48. The molecule has 1 fully saturated rings. The second kappa shape index (κ2) is 5.56. The number of rotatable bonds is 3. The van der Waals surface area contributed by atoms with Crippen molar-refractivity contribution in [2.75, 3.05) is 31.1 Å². The van der Waals surface area contributed by atoms with E-state index in [0.29, 0.717) is 31.7 Å². The molecule has 0 spiro atoms. The summed E-state index contributed by atoms with van der Waals surface area (Å²) in [5.74, 6) is -0.483. The van der Waals surface area contributed by atoms with E-state index in [1.165, 1.54) is 6.08 Å². The van der Waals surface area contributed by atoms with Crippen LogP contribution in [0.5, 0.6) is 0 Å². The van der Waals surface area contributed by atoms with E-state index in [1.807, 2.05) is 12.1 Å². The van der Waals surface area contributed by atoms with E-state index in [4.69, 9.17) is 5.73 Å². The number of primary amides is 1. The molecule has 100 valence electrons. The van der Waals surface area contributed by atoms with E-state index in [1.54, 1.807) is 17.0 Å². The van der Waals surface area contributed by atoms with Crippen molar-refractivity contribution >= 4 is 17.5 Å².